The highest BCUT2D eigenvalue weighted by Gasteiger charge is 2.17. The van der Waals surface area contributed by atoms with Gasteiger partial charge in [0.25, 0.3) is 5.91 Å². The minimum atomic E-state index is -0.755. The van der Waals surface area contributed by atoms with Crippen molar-refractivity contribution >= 4 is 22.2 Å². The number of nitriles is 1. The van der Waals surface area contributed by atoms with Crippen molar-refractivity contribution in [2.24, 2.45) is 0 Å². The highest BCUT2D eigenvalue weighted by molar-refractivity contribution is 7.14. The van der Waals surface area contributed by atoms with Crippen LogP contribution in [0.2, 0.25) is 0 Å². The number of benzene rings is 1. The number of nitrogens with zero attached hydrogens (tertiary/aromatic N) is 1. The van der Waals surface area contributed by atoms with Crippen LogP contribution in [-0.2, 0) is 4.79 Å². The molecule has 0 unspecified atom stereocenters. The van der Waals surface area contributed by atoms with Crippen LogP contribution < -0.4 is 10.1 Å². The van der Waals surface area contributed by atoms with Crippen LogP contribution in [0.5, 0.6) is 5.75 Å². The smallest absolute Gasteiger partial charge is 0.265 e. The van der Waals surface area contributed by atoms with Gasteiger partial charge in [0, 0.05) is 0 Å². The van der Waals surface area contributed by atoms with Crippen LogP contribution in [0.25, 0.3) is 0 Å². The summed E-state index contributed by atoms with van der Waals surface area (Å²) in [5, 5.41) is 13.7. The van der Waals surface area contributed by atoms with E-state index >= 15 is 0 Å². The van der Waals surface area contributed by atoms with E-state index in [0.717, 1.165) is 0 Å². The maximum atomic E-state index is 12.8. The van der Waals surface area contributed by atoms with Gasteiger partial charge in [-0.3, -0.25) is 4.79 Å². The molecule has 0 bridgehead atoms. The fourth-order valence-electron chi connectivity index (χ4n) is 1.48. The molecule has 20 heavy (non-hydrogen) atoms. The average Bonchev–Trinajstić information content (AvgIpc) is 2.88. The fourth-order valence-corrected chi connectivity index (χ4v) is 2.22. The van der Waals surface area contributed by atoms with E-state index in [2.05, 4.69) is 5.32 Å². The van der Waals surface area contributed by atoms with Gasteiger partial charge in [-0.25, -0.2) is 4.39 Å². The van der Waals surface area contributed by atoms with E-state index < -0.39 is 6.10 Å². The van der Waals surface area contributed by atoms with E-state index in [4.69, 9.17) is 10.00 Å². The number of anilines is 1. The summed E-state index contributed by atoms with van der Waals surface area (Å²) in [6.07, 6.45) is -0.755. The SMILES string of the molecule is C[C@H](Oc1ccc(F)cc1)C(=O)Nc1sccc1C#N. The number of carbonyl (C=O) groups excluding carboxylic acids is 1. The molecule has 4 nitrogen and oxygen atoms in total. The van der Waals surface area contributed by atoms with Gasteiger partial charge in [-0.05, 0) is 42.6 Å². The summed E-state index contributed by atoms with van der Waals surface area (Å²) in [6, 6.07) is 9.03. The van der Waals surface area contributed by atoms with Gasteiger partial charge in [0.1, 0.15) is 22.6 Å². The second-order valence-corrected chi connectivity index (χ2v) is 4.89. The minimum absolute atomic E-state index is 0.367. The second-order valence-electron chi connectivity index (χ2n) is 3.98. The van der Waals surface area contributed by atoms with Crippen LogP contribution in [0.1, 0.15) is 12.5 Å². The predicted octanol–water partition coefficient (Wildman–Crippen LogP) is 3.16. The van der Waals surface area contributed by atoms with Crippen molar-refractivity contribution in [2.75, 3.05) is 5.32 Å². The van der Waals surface area contributed by atoms with E-state index in [9.17, 15) is 9.18 Å². The fraction of sp³-hybridized carbons (Fsp3) is 0.143. The van der Waals surface area contributed by atoms with Crippen LogP contribution in [-0.4, -0.2) is 12.0 Å². The molecular formula is C14H11FN2O2S. The number of thiophene rings is 1. The van der Waals surface area contributed by atoms with Gasteiger partial charge in [-0.2, -0.15) is 5.26 Å². The number of carbonyl (C=O) groups is 1. The Bertz CT molecular complexity index is 646. The molecule has 102 valence electrons. The first-order valence-electron chi connectivity index (χ1n) is 5.81. The number of rotatable bonds is 4. The topological polar surface area (TPSA) is 62.1 Å². The number of ether oxygens (including phenoxy) is 1. The molecule has 0 radical (unpaired) electrons. The molecule has 2 aromatic rings. The van der Waals surface area contributed by atoms with Crippen molar-refractivity contribution in [3.05, 3.63) is 47.1 Å². The van der Waals surface area contributed by atoms with Crippen LogP contribution >= 0.6 is 11.3 Å². The third-order valence-corrected chi connectivity index (χ3v) is 3.35. The molecule has 0 aliphatic carbocycles. The number of hydrogen-bond acceptors (Lipinski definition) is 4. The molecule has 1 heterocycles. The normalized spacial score (nSPS) is 11.4. The number of hydrogen-bond donors (Lipinski definition) is 1. The Labute approximate surface area is 119 Å². The summed E-state index contributed by atoms with van der Waals surface area (Å²) < 4.78 is 18.2. The molecule has 1 amide bonds. The van der Waals surface area contributed by atoms with E-state index in [-0.39, 0.29) is 11.7 Å². The maximum Gasteiger partial charge on any atom is 0.265 e. The molecule has 0 aliphatic heterocycles. The standard InChI is InChI=1S/C14H11FN2O2S/c1-9(19-12-4-2-11(15)3-5-12)13(18)17-14-10(8-16)6-7-20-14/h2-7,9H,1H3,(H,17,18)/t9-/m0/s1. The molecule has 0 spiro atoms. The molecule has 1 atom stereocenters. The lowest BCUT2D eigenvalue weighted by atomic mass is 10.3. The van der Waals surface area contributed by atoms with Crippen molar-refractivity contribution in [1.82, 2.24) is 0 Å². The van der Waals surface area contributed by atoms with Crippen molar-refractivity contribution in [1.29, 1.82) is 5.26 Å². The van der Waals surface area contributed by atoms with Gasteiger partial charge in [-0.1, -0.05) is 0 Å². The summed E-state index contributed by atoms with van der Waals surface area (Å²) in [5.74, 6) is -0.333. The van der Waals surface area contributed by atoms with Crippen molar-refractivity contribution in [3.8, 4) is 11.8 Å². The van der Waals surface area contributed by atoms with Crippen LogP contribution in [0.15, 0.2) is 35.7 Å². The van der Waals surface area contributed by atoms with Gasteiger partial charge in [0.2, 0.25) is 0 Å². The Morgan fingerprint density at radius 3 is 2.75 bits per heavy atom. The Morgan fingerprint density at radius 1 is 1.40 bits per heavy atom. The zero-order valence-electron chi connectivity index (χ0n) is 10.6. The van der Waals surface area contributed by atoms with Crippen LogP contribution in [0.4, 0.5) is 9.39 Å². The summed E-state index contributed by atoms with van der Waals surface area (Å²) in [5.41, 5.74) is 0.414. The minimum Gasteiger partial charge on any atom is -0.481 e. The van der Waals surface area contributed by atoms with Crippen LogP contribution in [0.3, 0.4) is 0 Å². The first-order valence-corrected chi connectivity index (χ1v) is 6.69. The third kappa shape index (κ3) is 3.33. The molecule has 0 fully saturated rings. The Balaban J connectivity index is 1.99. The highest BCUT2D eigenvalue weighted by atomic mass is 32.1. The largest absolute Gasteiger partial charge is 0.481 e. The summed E-state index contributed by atoms with van der Waals surface area (Å²) in [7, 11) is 0. The lowest BCUT2D eigenvalue weighted by Gasteiger charge is -2.14. The molecular weight excluding hydrogens is 279 g/mol. The average molecular weight is 290 g/mol. The third-order valence-electron chi connectivity index (χ3n) is 2.52. The van der Waals surface area contributed by atoms with Gasteiger partial charge >= 0.3 is 0 Å². The number of nitrogens with one attached hydrogen (secondary N) is 1. The van der Waals surface area contributed by atoms with E-state index in [1.54, 1.807) is 18.4 Å². The van der Waals surface area contributed by atoms with Gasteiger partial charge in [0.15, 0.2) is 6.10 Å². The predicted molar refractivity (Wildman–Crippen MR) is 74.2 cm³/mol. The zero-order chi connectivity index (χ0) is 14.5. The van der Waals surface area contributed by atoms with Gasteiger partial charge in [0.05, 0.1) is 5.56 Å². The lowest BCUT2D eigenvalue weighted by molar-refractivity contribution is -0.122. The molecule has 2 rings (SSSR count). The quantitative estimate of drug-likeness (QED) is 0.940. The monoisotopic (exact) mass is 290 g/mol. The molecule has 1 N–H and O–H groups in total. The molecule has 1 aromatic carbocycles. The molecule has 1 aromatic heterocycles. The molecule has 0 saturated carbocycles. The molecule has 0 aliphatic rings. The summed E-state index contributed by atoms with van der Waals surface area (Å²) in [4.78, 5) is 11.9. The van der Waals surface area contributed by atoms with E-state index in [0.29, 0.717) is 16.3 Å². The van der Waals surface area contributed by atoms with E-state index in [1.165, 1.54) is 35.6 Å². The zero-order valence-corrected chi connectivity index (χ0v) is 11.4. The maximum absolute atomic E-state index is 12.8. The summed E-state index contributed by atoms with van der Waals surface area (Å²) >= 11 is 1.27. The van der Waals surface area contributed by atoms with E-state index in [1.807, 2.05) is 6.07 Å². The first kappa shape index (κ1) is 14.0. The number of amides is 1. The van der Waals surface area contributed by atoms with Gasteiger partial charge in [-0.15, -0.1) is 11.3 Å². The lowest BCUT2D eigenvalue weighted by Crippen LogP contribution is -2.30. The number of halogens is 1. The van der Waals surface area contributed by atoms with Gasteiger partial charge < -0.3 is 10.1 Å². The van der Waals surface area contributed by atoms with Crippen LogP contribution in [0, 0.1) is 17.1 Å². The van der Waals surface area contributed by atoms with Crippen molar-refractivity contribution in [3.63, 3.8) is 0 Å². The van der Waals surface area contributed by atoms with Crippen molar-refractivity contribution in [2.45, 2.75) is 13.0 Å². The highest BCUT2D eigenvalue weighted by Crippen LogP contribution is 2.22. The molecule has 6 heteroatoms. The summed E-state index contributed by atoms with van der Waals surface area (Å²) in [6.45, 7) is 1.58. The first-order chi connectivity index (χ1) is 9.60. The molecule has 0 saturated heterocycles. The second kappa shape index (κ2) is 6.17. The Hall–Kier alpha value is -2.39. The Kier molecular flexibility index (Phi) is 4.33. The Morgan fingerprint density at radius 2 is 2.10 bits per heavy atom. The van der Waals surface area contributed by atoms with Crippen molar-refractivity contribution < 1.29 is 13.9 Å².